The van der Waals surface area contributed by atoms with Crippen LogP contribution in [0.15, 0.2) is 0 Å². The number of carbonyl (C=O) groups excluding carboxylic acids is 1. The van der Waals surface area contributed by atoms with Crippen molar-refractivity contribution < 1.29 is 9.28 Å². The van der Waals surface area contributed by atoms with E-state index in [2.05, 4.69) is 21.0 Å². The number of hydrogen-bond donors (Lipinski definition) is 0. The number of ketones is 1. The highest BCUT2D eigenvalue weighted by atomic mass is 16.1. The minimum Gasteiger partial charge on any atom is -0.322 e. The molecule has 0 bridgehead atoms. The predicted molar refractivity (Wildman–Crippen MR) is 42.8 cm³/mol. The first-order chi connectivity index (χ1) is 4.48. The molecule has 10 heavy (non-hydrogen) atoms. The van der Waals surface area contributed by atoms with Crippen molar-refractivity contribution in [2.24, 2.45) is 0 Å². The van der Waals surface area contributed by atoms with Crippen molar-refractivity contribution in [2.75, 3.05) is 27.2 Å². The lowest BCUT2D eigenvalue weighted by atomic mass is 10.3. The van der Waals surface area contributed by atoms with Crippen LogP contribution in [0.5, 0.6) is 0 Å². The smallest absolute Gasteiger partial charge is 0.183 e. The van der Waals surface area contributed by atoms with Crippen LogP contribution in [0.1, 0.15) is 20.3 Å². The third-order valence-corrected chi connectivity index (χ3v) is 1.48. The molecule has 0 rings (SSSR count). The van der Waals surface area contributed by atoms with Gasteiger partial charge >= 0.3 is 0 Å². The average Bonchev–Trinajstić information content (AvgIpc) is 1.59. The molecule has 0 fully saturated rings. The van der Waals surface area contributed by atoms with Crippen LogP contribution in [0.4, 0.5) is 0 Å². The Bertz CT molecular complexity index is 118. The van der Waals surface area contributed by atoms with Gasteiger partial charge in [-0.1, -0.05) is 6.92 Å². The molecule has 2 nitrogen and oxygen atoms in total. The van der Waals surface area contributed by atoms with Gasteiger partial charge < -0.3 is 4.48 Å². The second kappa shape index (κ2) is 3.71. The first kappa shape index (κ1) is 9.63. The SMILES string of the molecule is CCC[N+](C)(C)CC(C)=O. The molecular formula is C8H18NO+. The van der Waals surface area contributed by atoms with E-state index in [-0.39, 0.29) is 5.78 Å². The van der Waals surface area contributed by atoms with E-state index >= 15 is 0 Å². The van der Waals surface area contributed by atoms with Crippen LogP contribution in [-0.2, 0) is 4.79 Å². The Morgan fingerprint density at radius 3 is 2.20 bits per heavy atom. The zero-order valence-electron chi connectivity index (χ0n) is 7.48. The number of rotatable bonds is 4. The molecule has 0 amide bonds. The maximum atomic E-state index is 10.7. The van der Waals surface area contributed by atoms with Gasteiger partial charge in [-0.25, -0.2) is 0 Å². The molecule has 0 aromatic heterocycles. The van der Waals surface area contributed by atoms with Crippen molar-refractivity contribution in [3.63, 3.8) is 0 Å². The van der Waals surface area contributed by atoms with Crippen molar-refractivity contribution in [2.45, 2.75) is 20.3 Å². The van der Waals surface area contributed by atoms with Gasteiger partial charge in [0.1, 0.15) is 6.54 Å². The highest BCUT2D eigenvalue weighted by Crippen LogP contribution is 1.98. The Kier molecular flexibility index (Phi) is 3.58. The second-order valence-corrected chi connectivity index (χ2v) is 3.52. The number of nitrogens with zero attached hydrogens (tertiary/aromatic N) is 1. The van der Waals surface area contributed by atoms with Gasteiger partial charge in [-0.2, -0.15) is 0 Å². The highest BCUT2D eigenvalue weighted by Gasteiger charge is 2.14. The molecule has 0 aromatic carbocycles. The zero-order valence-corrected chi connectivity index (χ0v) is 7.48. The van der Waals surface area contributed by atoms with Crippen LogP contribution in [-0.4, -0.2) is 37.5 Å². The summed E-state index contributed by atoms with van der Waals surface area (Å²) in [5, 5.41) is 0. The normalized spacial score (nSPS) is 11.6. The largest absolute Gasteiger partial charge is 0.322 e. The van der Waals surface area contributed by atoms with Gasteiger partial charge in [0.15, 0.2) is 5.78 Å². The summed E-state index contributed by atoms with van der Waals surface area (Å²) in [5.74, 6) is 0.276. The van der Waals surface area contributed by atoms with E-state index in [0.29, 0.717) is 6.54 Å². The van der Waals surface area contributed by atoms with E-state index in [1.54, 1.807) is 6.92 Å². The van der Waals surface area contributed by atoms with Crippen molar-refractivity contribution in [1.82, 2.24) is 0 Å². The van der Waals surface area contributed by atoms with Gasteiger partial charge in [0, 0.05) is 6.92 Å². The summed E-state index contributed by atoms with van der Waals surface area (Å²) >= 11 is 0. The molecule has 0 heterocycles. The predicted octanol–water partition coefficient (Wildman–Crippen LogP) is 1.06. The van der Waals surface area contributed by atoms with E-state index in [1.165, 1.54) is 0 Å². The van der Waals surface area contributed by atoms with E-state index in [1.807, 2.05) is 0 Å². The quantitative estimate of drug-likeness (QED) is 0.539. The summed E-state index contributed by atoms with van der Waals surface area (Å²) in [6.45, 7) is 5.53. The molecule has 0 aliphatic rings. The zero-order chi connectivity index (χ0) is 8.20. The van der Waals surface area contributed by atoms with Crippen LogP contribution in [0, 0.1) is 0 Å². The number of Topliss-reactive ketones (excluding diaryl/α,β-unsaturated/α-hetero) is 1. The van der Waals surface area contributed by atoms with Crippen molar-refractivity contribution in [1.29, 1.82) is 0 Å². The molecule has 2 heteroatoms. The van der Waals surface area contributed by atoms with E-state index in [4.69, 9.17) is 0 Å². The molecule has 0 saturated carbocycles. The molecule has 0 aromatic rings. The van der Waals surface area contributed by atoms with Crippen molar-refractivity contribution >= 4 is 5.78 Å². The van der Waals surface area contributed by atoms with Crippen molar-refractivity contribution in [3.8, 4) is 0 Å². The van der Waals surface area contributed by atoms with Crippen LogP contribution in [0.2, 0.25) is 0 Å². The second-order valence-electron chi connectivity index (χ2n) is 3.52. The topological polar surface area (TPSA) is 17.1 Å². The van der Waals surface area contributed by atoms with E-state index in [9.17, 15) is 4.79 Å². The molecule has 0 aliphatic carbocycles. The Morgan fingerprint density at radius 2 is 1.90 bits per heavy atom. The van der Waals surface area contributed by atoms with E-state index < -0.39 is 0 Å². The molecule has 0 unspecified atom stereocenters. The number of hydrogen-bond acceptors (Lipinski definition) is 1. The van der Waals surface area contributed by atoms with Gasteiger partial charge in [0.2, 0.25) is 0 Å². The Morgan fingerprint density at radius 1 is 1.40 bits per heavy atom. The molecule has 60 valence electrons. The van der Waals surface area contributed by atoms with Gasteiger partial charge in [-0.05, 0) is 6.42 Å². The highest BCUT2D eigenvalue weighted by molar-refractivity contribution is 5.76. The maximum absolute atomic E-state index is 10.7. The summed E-state index contributed by atoms with van der Waals surface area (Å²) in [4.78, 5) is 10.7. The monoisotopic (exact) mass is 144 g/mol. The minimum atomic E-state index is 0.276. The summed E-state index contributed by atoms with van der Waals surface area (Å²) in [5.41, 5.74) is 0. The Labute approximate surface area is 63.4 Å². The average molecular weight is 144 g/mol. The van der Waals surface area contributed by atoms with Crippen LogP contribution >= 0.6 is 0 Å². The molecule has 0 saturated heterocycles. The first-order valence-corrected chi connectivity index (χ1v) is 3.79. The van der Waals surface area contributed by atoms with Crippen LogP contribution in [0.25, 0.3) is 0 Å². The van der Waals surface area contributed by atoms with Gasteiger partial charge in [-0.15, -0.1) is 0 Å². The Balaban J connectivity index is 3.74. The minimum absolute atomic E-state index is 0.276. The summed E-state index contributed by atoms with van der Waals surface area (Å²) < 4.78 is 0.825. The molecule has 0 aliphatic heterocycles. The summed E-state index contributed by atoms with van der Waals surface area (Å²) in [6, 6.07) is 0. The summed E-state index contributed by atoms with van der Waals surface area (Å²) in [7, 11) is 4.18. The standard InChI is InChI=1S/C8H18NO/c1-5-6-9(3,4)7-8(2)10/h5-7H2,1-4H3/q+1. The number of likely N-dealkylation sites (N-methyl/N-ethyl adjacent to an activating group) is 1. The van der Waals surface area contributed by atoms with Gasteiger partial charge in [0.25, 0.3) is 0 Å². The van der Waals surface area contributed by atoms with Crippen molar-refractivity contribution in [3.05, 3.63) is 0 Å². The van der Waals surface area contributed by atoms with Crippen LogP contribution in [0.3, 0.4) is 0 Å². The van der Waals surface area contributed by atoms with E-state index in [0.717, 1.165) is 17.4 Å². The molecule has 0 N–H and O–H groups in total. The molecular weight excluding hydrogens is 126 g/mol. The third-order valence-electron chi connectivity index (χ3n) is 1.48. The molecule has 0 radical (unpaired) electrons. The fraction of sp³-hybridized carbons (Fsp3) is 0.875. The lowest BCUT2D eigenvalue weighted by Gasteiger charge is -2.27. The lowest BCUT2D eigenvalue weighted by molar-refractivity contribution is -0.882. The molecule has 0 spiro atoms. The lowest BCUT2D eigenvalue weighted by Crippen LogP contribution is -2.43. The summed E-state index contributed by atoms with van der Waals surface area (Å²) in [6.07, 6.45) is 1.14. The third kappa shape index (κ3) is 4.50. The number of carbonyl (C=O) groups is 1. The number of quaternary nitrogens is 1. The molecule has 0 atom stereocenters. The van der Waals surface area contributed by atoms with Gasteiger partial charge in [-0.3, -0.25) is 4.79 Å². The van der Waals surface area contributed by atoms with Crippen LogP contribution < -0.4 is 0 Å². The fourth-order valence-corrected chi connectivity index (χ4v) is 1.29. The maximum Gasteiger partial charge on any atom is 0.183 e. The Hall–Kier alpha value is -0.370. The first-order valence-electron chi connectivity index (χ1n) is 3.79. The van der Waals surface area contributed by atoms with Gasteiger partial charge in [0.05, 0.1) is 20.6 Å². The fourth-order valence-electron chi connectivity index (χ4n) is 1.29.